The van der Waals surface area contributed by atoms with Crippen LogP contribution in [0.3, 0.4) is 0 Å². The first kappa shape index (κ1) is 9.62. The van der Waals surface area contributed by atoms with E-state index in [-0.39, 0.29) is 11.4 Å². The van der Waals surface area contributed by atoms with Crippen LogP contribution in [0.2, 0.25) is 0 Å². The molecule has 1 aromatic rings. The zero-order valence-corrected chi connectivity index (χ0v) is 7.38. The van der Waals surface area contributed by atoms with E-state index >= 15 is 0 Å². The van der Waals surface area contributed by atoms with Gasteiger partial charge in [-0.3, -0.25) is 9.27 Å². The molecule has 6 nitrogen and oxygen atoms in total. The SMILES string of the molecule is Nc1ccc(NS(=O)(=O)O)c(N)c1. The van der Waals surface area contributed by atoms with Gasteiger partial charge >= 0.3 is 10.3 Å². The molecule has 0 heterocycles. The van der Waals surface area contributed by atoms with Gasteiger partial charge in [-0.25, -0.2) is 0 Å². The average molecular weight is 203 g/mol. The quantitative estimate of drug-likeness (QED) is 0.400. The Hall–Kier alpha value is -1.47. The maximum Gasteiger partial charge on any atom is 0.357 e. The molecular formula is C6H9N3O3S. The van der Waals surface area contributed by atoms with Crippen LogP contribution in [0.4, 0.5) is 17.1 Å². The van der Waals surface area contributed by atoms with Crippen LogP contribution in [-0.4, -0.2) is 13.0 Å². The van der Waals surface area contributed by atoms with Gasteiger partial charge in [0.2, 0.25) is 0 Å². The van der Waals surface area contributed by atoms with Gasteiger partial charge < -0.3 is 11.5 Å². The van der Waals surface area contributed by atoms with Crippen LogP contribution in [0.15, 0.2) is 18.2 Å². The van der Waals surface area contributed by atoms with E-state index < -0.39 is 10.3 Å². The van der Waals surface area contributed by atoms with Gasteiger partial charge in [0.15, 0.2) is 0 Å². The fourth-order valence-electron chi connectivity index (χ4n) is 0.813. The monoisotopic (exact) mass is 203 g/mol. The number of nitrogens with one attached hydrogen (secondary N) is 1. The fraction of sp³-hybridized carbons (Fsp3) is 0. The third-order valence-corrected chi connectivity index (χ3v) is 1.79. The van der Waals surface area contributed by atoms with E-state index in [1.54, 1.807) is 0 Å². The van der Waals surface area contributed by atoms with Crippen LogP contribution in [0.25, 0.3) is 0 Å². The Balaban J connectivity index is 3.04. The van der Waals surface area contributed by atoms with Crippen molar-refractivity contribution in [3.8, 4) is 0 Å². The van der Waals surface area contributed by atoms with Crippen molar-refractivity contribution in [2.45, 2.75) is 0 Å². The second-order valence-electron chi connectivity index (χ2n) is 2.42. The van der Waals surface area contributed by atoms with Crippen LogP contribution >= 0.6 is 0 Å². The minimum Gasteiger partial charge on any atom is -0.399 e. The molecule has 0 saturated carbocycles. The summed E-state index contributed by atoms with van der Waals surface area (Å²) in [6, 6.07) is 4.20. The highest BCUT2D eigenvalue weighted by molar-refractivity contribution is 7.87. The number of nitrogens with two attached hydrogens (primary N) is 2. The Morgan fingerprint density at radius 3 is 2.38 bits per heavy atom. The number of nitrogen functional groups attached to an aromatic ring is 2. The van der Waals surface area contributed by atoms with Gasteiger partial charge in [-0.2, -0.15) is 8.42 Å². The van der Waals surface area contributed by atoms with Gasteiger partial charge in [0.1, 0.15) is 0 Å². The summed E-state index contributed by atoms with van der Waals surface area (Å²) in [5.41, 5.74) is 11.4. The van der Waals surface area contributed by atoms with Crippen molar-refractivity contribution in [1.29, 1.82) is 0 Å². The van der Waals surface area contributed by atoms with Crippen molar-refractivity contribution in [2.24, 2.45) is 0 Å². The molecule has 72 valence electrons. The summed E-state index contributed by atoms with van der Waals surface area (Å²) in [5.74, 6) is 0. The van der Waals surface area contributed by atoms with Crippen molar-refractivity contribution in [3.63, 3.8) is 0 Å². The summed E-state index contributed by atoms with van der Waals surface area (Å²) in [4.78, 5) is 0. The summed E-state index contributed by atoms with van der Waals surface area (Å²) in [6.45, 7) is 0. The highest BCUT2D eigenvalue weighted by atomic mass is 32.2. The highest BCUT2D eigenvalue weighted by Crippen LogP contribution is 2.21. The Kier molecular flexibility index (Phi) is 2.30. The molecule has 1 rings (SSSR count). The lowest BCUT2D eigenvalue weighted by atomic mass is 10.2. The molecule has 6 N–H and O–H groups in total. The van der Waals surface area contributed by atoms with Crippen LogP contribution < -0.4 is 16.2 Å². The molecule has 1 aromatic carbocycles. The minimum atomic E-state index is -4.28. The highest BCUT2D eigenvalue weighted by Gasteiger charge is 2.06. The molecule has 0 amide bonds. The van der Waals surface area contributed by atoms with Crippen molar-refractivity contribution in [2.75, 3.05) is 16.2 Å². The lowest BCUT2D eigenvalue weighted by molar-refractivity contribution is 0.490. The zero-order valence-electron chi connectivity index (χ0n) is 6.56. The Morgan fingerprint density at radius 1 is 1.31 bits per heavy atom. The largest absolute Gasteiger partial charge is 0.399 e. The van der Waals surface area contributed by atoms with E-state index in [9.17, 15) is 8.42 Å². The molecule has 0 unspecified atom stereocenters. The minimum absolute atomic E-state index is 0.0942. The number of rotatable bonds is 2. The molecule has 0 aliphatic rings. The summed E-state index contributed by atoms with van der Waals surface area (Å²) in [5, 5.41) is 0. The molecule has 0 saturated heterocycles. The van der Waals surface area contributed by atoms with Crippen LogP contribution in [0.1, 0.15) is 0 Å². The molecule has 7 heteroatoms. The van der Waals surface area contributed by atoms with Gasteiger partial charge in [0, 0.05) is 5.69 Å². The second-order valence-corrected chi connectivity index (χ2v) is 3.58. The number of benzene rings is 1. The third-order valence-electron chi connectivity index (χ3n) is 1.31. The van der Waals surface area contributed by atoms with Crippen molar-refractivity contribution >= 4 is 27.4 Å². The van der Waals surface area contributed by atoms with E-state index in [2.05, 4.69) is 0 Å². The molecule has 0 aromatic heterocycles. The molecule has 0 aliphatic carbocycles. The smallest absolute Gasteiger partial charge is 0.357 e. The second kappa shape index (κ2) is 3.11. The number of anilines is 3. The first-order valence-electron chi connectivity index (χ1n) is 3.29. The first-order valence-corrected chi connectivity index (χ1v) is 4.73. The van der Waals surface area contributed by atoms with E-state index in [4.69, 9.17) is 16.0 Å². The third kappa shape index (κ3) is 2.80. The Labute approximate surface area is 75.4 Å². The van der Waals surface area contributed by atoms with Crippen LogP contribution in [-0.2, 0) is 10.3 Å². The molecule has 0 fully saturated rings. The Morgan fingerprint density at radius 2 is 1.92 bits per heavy atom. The molecule has 0 atom stereocenters. The number of hydrogen-bond donors (Lipinski definition) is 4. The van der Waals surface area contributed by atoms with Gasteiger partial charge in [-0.15, -0.1) is 0 Å². The molecule has 0 radical (unpaired) electrons. The summed E-state index contributed by atoms with van der Waals surface area (Å²) in [6.07, 6.45) is 0. The maximum atomic E-state index is 10.4. The normalized spacial score (nSPS) is 11.2. The lowest BCUT2D eigenvalue weighted by Crippen LogP contribution is -2.11. The predicted octanol–water partition coefficient (Wildman–Crippen LogP) is 0.0657. The molecule has 13 heavy (non-hydrogen) atoms. The molecular weight excluding hydrogens is 194 g/mol. The van der Waals surface area contributed by atoms with Crippen molar-refractivity contribution in [3.05, 3.63) is 18.2 Å². The van der Waals surface area contributed by atoms with E-state index in [1.807, 2.05) is 4.72 Å². The maximum absolute atomic E-state index is 10.4. The predicted molar refractivity (Wildman–Crippen MR) is 50.4 cm³/mol. The van der Waals surface area contributed by atoms with Crippen LogP contribution in [0.5, 0.6) is 0 Å². The Bertz CT molecular complexity index is 415. The standard InChI is InChI=1S/C6H9N3O3S/c7-4-1-2-6(5(8)3-4)9-13(10,11)12/h1-3,9H,7-8H2,(H,10,11,12). The van der Waals surface area contributed by atoms with Gasteiger partial charge in [0.25, 0.3) is 0 Å². The van der Waals surface area contributed by atoms with Gasteiger partial charge in [-0.1, -0.05) is 0 Å². The first-order chi connectivity index (χ1) is 5.88. The molecule has 0 bridgehead atoms. The van der Waals surface area contributed by atoms with Gasteiger partial charge in [0.05, 0.1) is 11.4 Å². The summed E-state index contributed by atoms with van der Waals surface area (Å²) in [7, 11) is -4.28. The van der Waals surface area contributed by atoms with E-state index in [1.165, 1.54) is 18.2 Å². The summed E-state index contributed by atoms with van der Waals surface area (Å²) >= 11 is 0. The van der Waals surface area contributed by atoms with Crippen LogP contribution in [0, 0.1) is 0 Å². The number of hydrogen-bond acceptors (Lipinski definition) is 4. The average Bonchev–Trinajstić information content (AvgIpc) is 1.93. The molecule has 0 spiro atoms. The van der Waals surface area contributed by atoms with Crippen molar-refractivity contribution < 1.29 is 13.0 Å². The lowest BCUT2D eigenvalue weighted by Gasteiger charge is -2.06. The van der Waals surface area contributed by atoms with Gasteiger partial charge in [-0.05, 0) is 18.2 Å². The molecule has 0 aliphatic heterocycles. The van der Waals surface area contributed by atoms with E-state index in [0.717, 1.165) is 0 Å². The van der Waals surface area contributed by atoms with E-state index in [0.29, 0.717) is 5.69 Å². The fourth-order valence-corrected chi connectivity index (χ4v) is 1.28. The topological polar surface area (TPSA) is 118 Å². The summed E-state index contributed by atoms with van der Waals surface area (Å²) < 4.78 is 31.1. The zero-order chi connectivity index (χ0) is 10.1. The van der Waals surface area contributed by atoms with Crippen molar-refractivity contribution in [1.82, 2.24) is 0 Å².